The molecule has 1 aliphatic heterocycles. The van der Waals surface area contributed by atoms with Gasteiger partial charge in [0.25, 0.3) is 17.4 Å². The fourth-order valence-electron chi connectivity index (χ4n) is 4.24. The Kier molecular flexibility index (Phi) is 5.38. The number of benzene rings is 2. The van der Waals surface area contributed by atoms with Gasteiger partial charge in [-0.1, -0.05) is 0 Å². The van der Waals surface area contributed by atoms with Crippen molar-refractivity contribution in [3.05, 3.63) is 80.8 Å². The largest absolute Gasteiger partial charge is 0.381 e. The van der Waals surface area contributed by atoms with Crippen LogP contribution in [0.4, 0.5) is 23.2 Å². The number of nitrogens with one attached hydrogen (secondary N) is 3. The van der Waals surface area contributed by atoms with Crippen LogP contribution in [-0.4, -0.2) is 44.8 Å². The smallest absolute Gasteiger partial charge is 0.261 e. The SMILES string of the molecule is C[C@@H](Cc1c(F)c(F)cc(F)c1F)Nc1cc[nH]c(=O)c1-c1nc2cc3c(cc2[nH]1)C(=O)N(C)C3=O. The monoisotopic (exact) mass is 499 g/mol. The summed E-state index contributed by atoms with van der Waals surface area (Å²) in [5, 5.41) is 2.93. The minimum absolute atomic E-state index is 0.0434. The Labute approximate surface area is 200 Å². The molecule has 3 N–H and O–H groups in total. The van der Waals surface area contributed by atoms with Gasteiger partial charge < -0.3 is 15.3 Å². The number of fused-ring (bicyclic) bond motifs is 2. The lowest BCUT2D eigenvalue weighted by Crippen LogP contribution is -2.24. The number of hydrogen-bond donors (Lipinski definition) is 3. The van der Waals surface area contributed by atoms with Gasteiger partial charge in [0.2, 0.25) is 0 Å². The molecule has 0 fully saturated rings. The summed E-state index contributed by atoms with van der Waals surface area (Å²) in [5.41, 5.74) is 0.0723. The van der Waals surface area contributed by atoms with E-state index in [9.17, 15) is 31.9 Å². The van der Waals surface area contributed by atoms with Crippen LogP contribution in [0.25, 0.3) is 22.4 Å². The van der Waals surface area contributed by atoms with Crippen LogP contribution in [0.1, 0.15) is 33.2 Å². The molecule has 0 bridgehead atoms. The van der Waals surface area contributed by atoms with E-state index in [4.69, 9.17) is 0 Å². The number of hydrogen-bond acceptors (Lipinski definition) is 5. The predicted octanol–water partition coefficient (Wildman–Crippen LogP) is 3.74. The molecule has 12 heteroatoms. The molecular formula is C24H17F4N5O3. The van der Waals surface area contributed by atoms with E-state index in [2.05, 4.69) is 20.3 Å². The maximum Gasteiger partial charge on any atom is 0.261 e. The molecular weight excluding hydrogens is 482 g/mol. The Hall–Kier alpha value is -4.48. The first-order valence-corrected chi connectivity index (χ1v) is 10.7. The number of imide groups is 1. The molecule has 1 aliphatic rings. The quantitative estimate of drug-likeness (QED) is 0.220. The first-order chi connectivity index (χ1) is 17.1. The van der Waals surface area contributed by atoms with Crippen LogP contribution in [0.2, 0.25) is 0 Å². The molecule has 5 rings (SSSR count). The maximum atomic E-state index is 14.1. The first kappa shape index (κ1) is 23.3. The number of aromatic amines is 2. The molecule has 0 aliphatic carbocycles. The maximum absolute atomic E-state index is 14.1. The number of anilines is 1. The van der Waals surface area contributed by atoms with Crippen LogP contribution in [0.5, 0.6) is 0 Å². The topological polar surface area (TPSA) is 111 Å². The van der Waals surface area contributed by atoms with Gasteiger partial charge in [0.15, 0.2) is 23.3 Å². The Morgan fingerprint density at radius 1 is 1.00 bits per heavy atom. The van der Waals surface area contributed by atoms with E-state index in [0.29, 0.717) is 11.0 Å². The number of amides is 2. The molecule has 184 valence electrons. The summed E-state index contributed by atoms with van der Waals surface area (Å²) in [6, 6.07) is 3.78. The zero-order chi connectivity index (χ0) is 25.9. The minimum atomic E-state index is -1.51. The third kappa shape index (κ3) is 3.61. The lowest BCUT2D eigenvalue weighted by atomic mass is 10.0. The van der Waals surface area contributed by atoms with Crippen molar-refractivity contribution >= 4 is 28.5 Å². The molecule has 2 amide bonds. The second-order valence-corrected chi connectivity index (χ2v) is 8.46. The molecule has 0 saturated heterocycles. The highest BCUT2D eigenvalue weighted by Gasteiger charge is 2.33. The lowest BCUT2D eigenvalue weighted by Gasteiger charge is -2.18. The Balaban J connectivity index is 1.51. The number of pyridine rings is 1. The van der Waals surface area contributed by atoms with Crippen LogP contribution >= 0.6 is 0 Å². The predicted molar refractivity (Wildman–Crippen MR) is 122 cm³/mol. The number of halogens is 4. The Morgan fingerprint density at radius 3 is 2.31 bits per heavy atom. The third-order valence-corrected chi connectivity index (χ3v) is 6.00. The lowest BCUT2D eigenvalue weighted by molar-refractivity contribution is 0.0693. The zero-order valence-corrected chi connectivity index (χ0v) is 18.8. The van der Waals surface area contributed by atoms with Gasteiger partial charge in [0, 0.05) is 30.9 Å². The van der Waals surface area contributed by atoms with Crippen molar-refractivity contribution in [1.29, 1.82) is 0 Å². The Morgan fingerprint density at radius 2 is 1.64 bits per heavy atom. The number of carbonyl (C=O) groups is 2. The molecule has 4 aromatic rings. The van der Waals surface area contributed by atoms with Crippen molar-refractivity contribution < 1.29 is 27.2 Å². The van der Waals surface area contributed by atoms with E-state index in [0.717, 1.165) is 4.90 Å². The number of imidazole rings is 1. The van der Waals surface area contributed by atoms with E-state index in [1.807, 2.05) is 0 Å². The van der Waals surface area contributed by atoms with E-state index in [1.165, 1.54) is 38.4 Å². The Bertz CT molecular complexity index is 1570. The highest BCUT2D eigenvalue weighted by atomic mass is 19.2. The average Bonchev–Trinajstić information content (AvgIpc) is 3.33. The third-order valence-electron chi connectivity index (χ3n) is 6.00. The van der Waals surface area contributed by atoms with Crippen LogP contribution in [-0.2, 0) is 6.42 Å². The summed E-state index contributed by atoms with van der Waals surface area (Å²) in [7, 11) is 1.37. The molecule has 0 unspecified atom stereocenters. The molecule has 0 saturated carbocycles. The second kappa shape index (κ2) is 8.33. The standard InChI is InChI=1S/C24H17F4N5O3/c1-9(5-12-19(27)13(25)8-14(26)20(12)28)30-15-3-4-29-22(34)18(15)21-31-16-6-10-11(7-17(16)32-21)24(36)33(2)23(10)35/h3-4,6-9H,5H2,1-2H3,(H,31,32)(H2,29,30,34)/t9-/m0/s1. The van der Waals surface area contributed by atoms with Gasteiger partial charge in [-0.05, 0) is 31.5 Å². The molecule has 36 heavy (non-hydrogen) atoms. The van der Waals surface area contributed by atoms with Gasteiger partial charge in [0.1, 0.15) is 11.4 Å². The van der Waals surface area contributed by atoms with Crippen LogP contribution in [0, 0.1) is 23.3 Å². The van der Waals surface area contributed by atoms with Crippen LogP contribution < -0.4 is 10.9 Å². The number of carbonyl (C=O) groups excluding carboxylic acids is 2. The molecule has 2 aromatic carbocycles. The fraction of sp³-hybridized carbons (Fsp3) is 0.167. The minimum Gasteiger partial charge on any atom is -0.381 e. The summed E-state index contributed by atoms with van der Waals surface area (Å²) in [4.78, 5) is 48.2. The van der Waals surface area contributed by atoms with Crippen molar-refractivity contribution in [2.45, 2.75) is 19.4 Å². The molecule has 8 nitrogen and oxygen atoms in total. The van der Waals surface area contributed by atoms with E-state index in [-0.39, 0.29) is 34.3 Å². The summed E-state index contributed by atoms with van der Waals surface area (Å²) < 4.78 is 55.4. The van der Waals surface area contributed by atoms with Gasteiger partial charge in [-0.2, -0.15) is 0 Å². The zero-order valence-electron chi connectivity index (χ0n) is 18.8. The number of nitrogens with zero attached hydrogens (tertiary/aromatic N) is 2. The van der Waals surface area contributed by atoms with E-state index < -0.39 is 58.7 Å². The van der Waals surface area contributed by atoms with Crippen LogP contribution in [0.3, 0.4) is 0 Å². The first-order valence-electron chi connectivity index (χ1n) is 10.7. The summed E-state index contributed by atoms with van der Waals surface area (Å²) in [6.07, 6.45) is 0.914. The molecule has 2 aromatic heterocycles. The van der Waals surface area contributed by atoms with E-state index in [1.54, 1.807) is 0 Å². The molecule has 0 spiro atoms. The number of aromatic nitrogens is 3. The molecule has 3 heterocycles. The van der Waals surface area contributed by atoms with Crippen molar-refractivity contribution in [2.24, 2.45) is 0 Å². The number of rotatable bonds is 5. The highest BCUT2D eigenvalue weighted by Crippen LogP contribution is 2.30. The summed E-state index contributed by atoms with van der Waals surface area (Å²) >= 11 is 0. The van der Waals surface area contributed by atoms with Gasteiger partial charge >= 0.3 is 0 Å². The normalized spacial score (nSPS) is 14.0. The van der Waals surface area contributed by atoms with E-state index >= 15 is 0 Å². The van der Waals surface area contributed by atoms with Gasteiger partial charge in [-0.25, -0.2) is 22.5 Å². The average molecular weight is 499 g/mol. The van der Waals surface area contributed by atoms with Crippen LogP contribution in [0.15, 0.2) is 35.3 Å². The van der Waals surface area contributed by atoms with Crippen molar-refractivity contribution in [2.75, 3.05) is 12.4 Å². The molecule has 1 atom stereocenters. The van der Waals surface area contributed by atoms with Gasteiger partial charge in [-0.3, -0.25) is 19.3 Å². The highest BCUT2D eigenvalue weighted by molar-refractivity contribution is 6.22. The van der Waals surface area contributed by atoms with Crippen molar-refractivity contribution in [3.8, 4) is 11.4 Å². The van der Waals surface area contributed by atoms with Crippen molar-refractivity contribution in [1.82, 2.24) is 19.9 Å². The van der Waals surface area contributed by atoms with Crippen molar-refractivity contribution in [3.63, 3.8) is 0 Å². The van der Waals surface area contributed by atoms with Gasteiger partial charge in [-0.15, -0.1) is 0 Å². The summed E-state index contributed by atoms with van der Waals surface area (Å²) in [6.45, 7) is 1.52. The number of H-pyrrole nitrogens is 2. The fourth-order valence-corrected chi connectivity index (χ4v) is 4.24. The second-order valence-electron chi connectivity index (χ2n) is 8.46. The summed E-state index contributed by atoms with van der Waals surface area (Å²) in [5.74, 6) is -6.83. The van der Waals surface area contributed by atoms with Gasteiger partial charge in [0.05, 0.1) is 27.8 Å². The molecule has 0 radical (unpaired) electrons.